The second kappa shape index (κ2) is 6.35. The molecule has 90 valence electrons. The molecule has 16 heavy (non-hydrogen) atoms. The summed E-state index contributed by atoms with van der Waals surface area (Å²) in [5, 5.41) is 6.73. The van der Waals surface area contributed by atoms with Crippen LogP contribution < -0.4 is 0 Å². The van der Waals surface area contributed by atoms with Crippen molar-refractivity contribution in [2.75, 3.05) is 0 Å². The van der Waals surface area contributed by atoms with E-state index < -0.39 is 11.6 Å². The van der Waals surface area contributed by atoms with Crippen LogP contribution in [0.2, 0.25) is 0 Å². The van der Waals surface area contributed by atoms with E-state index in [9.17, 15) is 8.78 Å². The van der Waals surface area contributed by atoms with Gasteiger partial charge in [0.25, 0.3) is 0 Å². The molecular weight excluding hydrogens is 296 g/mol. The summed E-state index contributed by atoms with van der Waals surface area (Å²) in [6, 6.07) is 2.35. The van der Waals surface area contributed by atoms with E-state index in [1.165, 1.54) is 6.07 Å². The quantitative estimate of drug-likeness (QED) is 0.435. The number of hydrogen-bond donors (Lipinski definition) is 2. The smallest absolute Gasteiger partial charge is 0.167 e. The summed E-state index contributed by atoms with van der Waals surface area (Å²) in [5.74, 6) is -1.93. The lowest BCUT2D eigenvalue weighted by molar-refractivity contribution is 0.507. The molecule has 0 aliphatic rings. The van der Waals surface area contributed by atoms with Crippen LogP contribution in [0.25, 0.3) is 0 Å². The molecule has 0 saturated carbocycles. The Hall–Kier alpha value is -0.420. The predicted octanol–water partition coefficient (Wildman–Crippen LogP) is 4.44. The highest BCUT2D eigenvalue weighted by Crippen LogP contribution is 2.17. The maximum absolute atomic E-state index is 12.6. The van der Waals surface area contributed by atoms with Crippen LogP contribution in [-0.4, -0.2) is 11.0 Å². The van der Waals surface area contributed by atoms with Gasteiger partial charge in [-0.25, -0.2) is 8.78 Å². The van der Waals surface area contributed by atoms with Crippen molar-refractivity contribution >= 4 is 34.8 Å². The summed E-state index contributed by atoms with van der Waals surface area (Å²) in [6.07, 6.45) is 0.767. The van der Waals surface area contributed by atoms with Crippen LogP contribution in [0.5, 0.6) is 0 Å². The molecule has 0 amide bonds. The first-order valence-corrected chi connectivity index (χ1v) is 5.76. The van der Waals surface area contributed by atoms with E-state index in [0.29, 0.717) is 4.47 Å². The zero-order chi connectivity index (χ0) is 12.9. The summed E-state index contributed by atoms with van der Waals surface area (Å²) in [7, 11) is 0. The van der Waals surface area contributed by atoms with E-state index in [-0.39, 0.29) is 10.3 Å². The Kier molecular flexibility index (Phi) is 6.18. The highest BCUT2D eigenvalue weighted by atomic mass is 79.9. The van der Waals surface area contributed by atoms with E-state index in [2.05, 4.69) is 49.3 Å². The van der Waals surface area contributed by atoms with Crippen LogP contribution in [0.1, 0.15) is 26.3 Å². The van der Waals surface area contributed by atoms with Crippen molar-refractivity contribution in [2.24, 2.45) is 0 Å². The van der Waals surface area contributed by atoms with Crippen molar-refractivity contribution in [3.8, 4) is 0 Å². The molecule has 0 radical (unpaired) electrons. The lowest BCUT2D eigenvalue weighted by Gasteiger charge is -2.04. The van der Waals surface area contributed by atoms with Gasteiger partial charge in [-0.2, -0.15) is 12.6 Å². The molecular formula is C11H14BrF2NS. The zero-order valence-electron chi connectivity index (χ0n) is 9.31. The minimum Gasteiger partial charge on any atom is -0.308 e. The average molecular weight is 310 g/mol. The Balaban J connectivity index is 0.000000385. The van der Waals surface area contributed by atoms with Gasteiger partial charge in [-0.15, -0.1) is 0 Å². The number of benzene rings is 1. The molecule has 0 bridgehead atoms. The summed E-state index contributed by atoms with van der Waals surface area (Å²) in [4.78, 5) is 0. The monoisotopic (exact) mass is 309 g/mol. The van der Waals surface area contributed by atoms with Gasteiger partial charge < -0.3 is 5.41 Å². The molecule has 0 unspecified atom stereocenters. The van der Waals surface area contributed by atoms with E-state index in [1.807, 2.05) is 0 Å². The van der Waals surface area contributed by atoms with Gasteiger partial charge >= 0.3 is 0 Å². The molecule has 0 heterocycles. The van der Waals surface area contributed by atoms with Gasteiger partial charge in [0, 0.05) is 21.0 Å². The number of thiol groups is 1. The SMILES string of the molecule is CC(C)(C)S.N=Cc1cc(Br)cc(F)c1F. The Labute approximate surface area is 108 Å². The van der Waals surface area contributed by atoms with Crippen LogP contribution in [0.3, 0.4) is 0 Å². The minimum atomic E-state index is -0.983. The van der Waals surface area contributed by atoms with Gasteiger partial charge in [0.1, 0.15) is 0 Å². The number of rotatable bonds is 1. The van der Waals surface area contributed by atoms with E-state index >= 15 is 0 Å². The van der Waals surface area contributed by atoms with Crippen molar-refractivity contribution in [1.82, 2.24) is 0 Å². The zero-order valence-corrected chi connectivity index (χ0v) is 11.8. The van der Waals surface area contributed by atoms with Crippen LogP contribution in [0, 0.1) is 17.0 Å². The van der Waals surface area contributed by atoms with Gasteiger partial charge in [-0.1, -0.05) is 36.7 Å². The van der Waals surface area contributed by atoms with Gasteiger partial charge in [0.2, 0.25) is 0 Å². The van der Waals surface area contributed by atoms with Gasteiger partial charge in [-0.05, 0) is 12.1 Å². The van der Waals surface area contributed by atoms with Crippen LogP contribution in [0.15, 0.2) is 16.6 Å². The molecule has 1 rings (SSSR count). The predicted molar refractivity (Wildman–Crippen MR) is 70.7 cm³/mol. The van der Waals surface area contributed by atoms with Gasteiger partial charge in [-0.3, -0.25) is 0 Å². The highest BCUT2D eigenvalue weighted by Gasteiger charge is 2.06. The molecule has 0 aliphatic heterocycles. The third-order valence-corrected chi connectivity index (χ3v) is 1.63. The van der Waals surface area contributed by atoms with Gasteiger partial charge in [0.15, 0.2) is 11.6 Å². The Morgan fingerprint density at radius 1 is 1.31 bits per heavy atom. The Morgan fingerprint density at radius 2 is 1.75 bits per heavy atom. The number of halogens is 3. The second-order valence-corrected chi connectivity index (χ2v) is 6.36. The van der Waals surface area contributed by atoms with Crippen molar-refractivity contribution in [1.29, 1.82) is 5.41 Å². The van der Waals surface area contributed by atoms with E-state index in [0.717, 1.165) is 12.3 Å². The minimum absolute atomic E-state index is 0.0584. The highest BCUT2D eigenvalue weighted by molar-refractivity contribution is 9.10. The van der Waals surface area contributed by atoms with Crippen LogP contribution >= 0.6 is 28.6 Å². The molecule has 0 saturated heterocycles. The molecule has 5 heteroatoms. The first-order valence-electron chi connectivity index (χ1n) is 4.52. The maximum atomic E-state index is 12.6. The summed E-state index contributed by atoms with van der Waals surface area (Å²) < 4.78 is 25.8. The molecule has 0 fully saturated rings. The molecule has 0 aromatic heterocycles. The first kappa shape index (κ1) is 15.6. The third-order valence-electron chi connectivity index (χ3n) is 1.18. The maximum Gasteiger partial charge on any atom is 0.167 e. The molecule has 1 aromatic carbocycles. The van der Waals surface area contributed by atoms with Crippen molar-refractivity contribution in [3.05, 3.63) is 33.8 Å². The lowest BCUT2D eigenvalue weighted by atomic mass is 10.2. The fourth-order valence-electron chi connectivity index (χ4n) is 0.681. The third kappa shape index (κ3) is 6.95. The molecule has 0 atom stereocenters. The first-order chi connectivity index (χ1) is 7.15. The fraction of sp³-hybridized carbons (Fsp3) is 0.364. The summed E-state index contributed by atoms with van der Waals surface area (Å²) >= 11 is 7.10. The number of hydrogen-bond acceptors (Lipinski definition) is 2. The second-order valence-electron chi connectivity index (χ2n) is 4.11. The standard InChI is InChI=1S/C7H4BrF2N.C4H10S/c8-5-1-4(3-11)7(10)6(9)2-5;1-4(2,3)5/h1-3,11H;5H,1-3H3. The van der Waals surface area contributed by atoms with E-state index in [4.69, 9.17) is 5.41 Å². The topological polar surface area (TPSA) is 23.9 Å². The Bertz CT molecular complexity index is 369. The van der Waals surface area contributed by atoms with Crippen LogP contribution in [0.4, 0.5) is 8.78 Å². The molecule has 1 N–H and O–H groups in total. The lowest BCUT2D eigenvalue weighted by Crippen LogP contribution is -1.99. The summed E-state index contributed by atoms with van der Waals surface area (Å²) in [5.41, 5.74) is -0.0584. The largest absolute Gasteiger partial charge is 0.308 e. The number of nitrogens with one attached hydrogen (secondary N) is 1. The normalized spacial score (nSPS) is 10.4. The van der Waals surface area contributed by atoms with Crippen molar-refractivity contribution in [3.63, 3.8) is 0 Å². The molecule has 1 aromatic rings. The fourth-order valence-corrected chi connectivity index (χ4v) is 1.13. The van der Waals surface area contributed by atoms with Crippen LogP contribution in [-0.2, 0) is 0 Å². The summed E-state index contributed by atoms with van der Waals surface area (Å²) in [6.45, 7) is 6.16. The van der Waals surface area contributed by atoms with Gasteiger partial charge in [0.05, 0.1) is 0 Å². The van der Waals surface area contributed by atoms with Crippen molar-refractivity contribution < 1.29 is 8.78 Å². The Morgan fingerprint density at radius 3 is 2.12 bits per heavy atom. The average Bonchev–Trinajstić information content (AvgIpc) is 2.08. The molecule has 0 aliphatic carbocycles. The van der Waals surface area contributed by atoms with E-state index in [1.54, 1.807) is 0 Å². The molecule has 0 spiro atoms. The molecule has 1 nitrogen and oxygen atoms in total. The van der Waals surface area contributed by atoms with Crippen molar-refractivity contribution in [2.45, 2.75) is 25.5 Å².